The summed E-state index contributed by atoms with van der Waals surface area (Å²) in [6.07, 6.45) is 5.71. The highest BCUT2D eigenvalue weighted by molar-refractivity contribution is 7.89. The average molecular weight is 482 g/mol. The van der Waals surface area contributed by atoms with E-state index < -0.39 is 10.0 Å². The molecule has 2 N–H and O–H groups in total. The van der Waals surface area contributed by atoms with Crippen LogP contribution in [0.3, 0.4) is 0 Å². The second kappa shape index (κ2) is 8.99. The second-order valence-corrected chi connectivity index (χ2v) is 10.0. The van der Waals surface area contributed by atoms with Crippen molar-refractivity contribution in [3.8, 4) is 0 Å². The summed E-state index contributed by atoms with van der Waals surface area (Å²) in [4.78, 5) is 20.6. The normalized spacial score (nSPS) is 16.3. The summed E-state index contributed by atoms with van der Waals surface area (Å²) in [7, 11) is -1.78. The molecule has 0 amide bonds. The lowest BCUT2D eigenvalue weighted by Crippen LogP contribution is -2.35. The average Bonchev–Trinajstić information content (AvgIpc) is 3.53. The molecular formula is C23H24FN7O2S. The van der Waals surface area contributed by atoms with Crippen molar-refractivity contribution in [3.05, 3.63) is 72.6 Å². The fourth-order valence-electron chi connectivity index (χ4n) is 4.15. The van der Waals surface area contributed by atoms with Crippen LogP contribution in [-0.4, -0.2) is 54.5 Å². The molecule has 0 aliphatic carbocycles. The van der Waals surface area contributed by atoms with Gasteiger partial charge in [-0.2, -0.15) is 0 Å². The van der Waals surface area contributed by atoms with E-state index in [4.69, 9.17) is 0 Å². The van der Waals surface area contributed by atoms with Crippen LogP contribution in [0, 0.1) is 5.82 Å². The van der Waals surface area contributed by atoms with E-state index in [0.717, 1.165) is 36.4 Å². The number of pyridine rings is 1. The Bertz CT molecular complexity index is 1390. The predicted octanol–water partition coefficient (Wildman–Crippen LogP) is 2.69. The van der Waals surface area contributed by atoms with Crippen molar-refractivity contribution in [1.82, 2.24) is 24.7 Å². The Morgan fingerprint density at radius 2 is 1.97 bits per heavy atom. The number of hydrogen-bond donors (Lipinski definition) is 2. The van der Waals surface area contributed by atoms with Crippen molar-refractivity contribution in [2.45, 2.75) is 23.9 Å². The number of anilines is 2. The lowest BCUT2D eigenvalue weighted by molar-refractivity contribution is 0.580. The topological polar surface area (TPSA) is 107 Å². The molecule has 4 heterocycles. The molecule has 11 heteroatoms. The molecule has 1 aromatic carbocycles. The molecule has 9 nitrogen and oxygen atoms in total. The first-order valence-corrected chi connectivity index (χ1v) is 12.3. The Kier molecular flexibility index (Phi) is 5.88. The first-order valence-electron chi connectivity index (χ1n) is 10.9. The fourth-order valence-corrected chi connectivity index (χ4v) is 5.11. The monoisotopic (exact) mass is 481 g/mol. The Balaban J connectivity index is 1.24. The van der Waals surface area contributed by atoms with Crippen LogP contribution in [0.25, 0.3) is 11.0 Å². The summed E-state index contributed by atoms with van der Waals surface area (Å²) in [6.45, 7) is 1.69. The van der Waals surface area contributed by atoms with E-state index in [1.807, 2.05) is 19.3 Å². The molecule has 3 aromatic heterocycles. The zero-order valence-corrected chi connectivity index (χ0v) is 19.3. The van der Waals surface area contributed by atoms with Crippen LogP contribution in [0.2, 0.25) is 0 Å². The molecule has 1 saturated heterocycles. The van der Waals surface area contributed by atoms with Gasteiger partial charge in [0.2, 0.25) is 10.0 Å². The van der Waals surface area contributed by atoms with E-state index in [0.29, 0.717) is 11.4 Å². The third kappa shape index (κ3) is 4.44. The minimum absolute atomic E-state index is 0.0691. The number of sulfonamides is 1. The standard InChI is InChI=1S/C23H24FN7O2S/c1-30(18-9-11-31(14-18)23-20-8-10-25-22(20)27-15-28-23)21-7-6-19(13-26-21)34(32,33)29-12-16-2-4-17(24)5-3-16/h2-8,10,13,15,18,29H,9,11-12,14H2,1H3,(H,25,27,28). The number of benzene rings is 1. The van der Waals surface area contributed by atoms with Crippen LogP contribution in [0.5, 0.6) is 0 Å². The molecule has 1 unspecified atom stereocenters. The van der Waals surface area contributed by atoms with Gasteiger partial charge >= 0.3 is 0 Å². The molecule has 1 aliphatic rings. The van der Waals surface area contributed by atoms with Crippen LogP contribution >= 0.6 is 0 Å². The van der Waals surface area contributed by atoms with Crippen molar-refractivity contribution in [2.75, 3.05) is 29.9 Å². The quantitative estimate of drug-likeness (QED) is 0.418. The highest BCUT2D eigenvalue weighted by Gasteiger charge is 2.28. The molecule has 1 fully saturated rings. The van der Waals surface area contributed by atoms with Crippen LogP contribution < -0.4 is 14.5 Å². The maximum absolute atomic E-state index is 13.0. The van der Waals surface area contributed by atoms with Crippen molar-refractivity contribution in [3.63, 3.8) is 0 Å². The Morgan fingerprint density at radius 3 is 2.74 bits per heavy atom. The number of likely N-dealkylation sites (N-methyl/N-ethyl adjacent to an activating group) is 1. The number of nitrogens with zero attached hydrogens (tertiary/aromatic N) is 5. The van der Waals surface area contributed by atoms with Crippen LogP contribution in [-0.2, 0) is 16.6 Å². The Morgan fingerprint density at radius 1 is 1.15 bits per heavy atom. The smallest absolute Gasteiger partial charge is 0.242 e. The predicted molar refractivity (Wildman–Crippen MR) is 128 cm³/mol. The van der Waals surface area contributed by atoms with Crippen LogP contribution in [0.1, 0.15) is 12.0 Å². The number of hydrogen-bond acceptors (Lipinski definition) is 7. The summed E-state index contributed by atoms with van der Waals surface area (Å²) in [6, 6.07) is 11.1. The van der Waals surface area contributed by atoms with Gasteiger partial charge in [0, 0.05) is 45.1 Å². The highest BCUT2D eigenvalue weighted by Crippen LogP contribution is 2.28. The van der Waals surface area contributed by atoms with Gasteiger partial charge in [0.1, 0.15) is 34.3 Å². The SMILES string of the molecule is CN(c1ccc(S(=O)(=O)NCc2ccc(F)cc2)cn1)C1CCN(c2ncnc3[nH]ccc23)C1. The molecule has 5 rings (SSSR count). The minimum Gasteiger partial charge on any atom is -0.355 e. The summed E-state index contributed by atoms with van der Waals surface area (Å²) >= 11 is 0. The van der Waals surface area contributed by atoms with Gasteiger partial charge in [0.25, 0.3) is 0 Å². The van der Waals surface area contributed by atoms with E-state index in [1.54, 1.807) is 30.6 Å². The number of halogens is 1. The van der Waals surface area contributed by atoms with Gasteiger partial charge in [-0.3, -0.25) is 0 Å². The first kappa shape index (κ1) is 22.2. The maximum Gasteiger partial charge on any atom is 0.242 e. The number of aromatic amines is 1. The van der Waals surface area contributed by atoms with Gasteiger partial charge in [-0.1, -0.05) is 12.1 Å². The zero-order chi connectivity index (χ0) is 23.7. The molecule has 34 heavy (non-hydrogen) atoms. The van der Waals surface area contributed by atoms with Crippen LogP contribution in [0.4, 0.5) is 16.0 Å². The largest absolute Gasteiger partial charge is 0.355 e. The van der Waals surface area contributed by atoms with Gasteiger partial charge in [0.15, 0.2) is 0 Å². The van der Waals surface area contributed by atoms with Crippen molar-refractivity contribution < 1.29 is 12.8 Å². The number of nitrogens with one attached hydrogen (secondary N) is 2. The van der Waals surface area contributed by atoms with Crippen molar-refractivity contribution in [1.29, 1.82) is 0 Å². The van der Waals surface area contributed by atoms with Crippen molar-refractivity contribution in [2.24, 2.45) is 0 Å². The number of rotatable bonds is 7. The number of aromatic nitrogens is 4. The molecule has 1 atom stereocenters. The van der Waals surface area contributed by atoms with Gasteiger partial charge in [-0.25, -0.2) is 32.5 Å². The lowest BCUT2D eigenvalue weighted by atomic mass is 10.2. The summed E-state index contributed by atoms with van der Waals surface area (Å²) in [5.74, 6) is 1.23. The van der Waals surface area contributed by atoms with E-state index >= 15 is 0 Å². The van der Waals surface area contributed by atoms with Gasteiger partial charge in [-0.15, -0.1) is 0 Å². The van der Waals surface area contributed by atoms with E-state index in [1.165, 1.54) is 18.3 Å². The molecule has 0 spiro atoms. The molecule has 0 saturated carbocycles. The Labute approximate surface area is 196 Å². The summed E-state index contributed by atoms with van der Waals surface area (Å²) < 4.78 is 40.8. The van der Waals surface area contributed by atoms with E-state index in [2.05, 4.69) is 34.5 Å². The van der Waals surface area contributed by atoms with Crippen LogP contribution in [0.15, 0.2) is 66.1 Å². The van der Waals surface area contributed by atoms with Gasteiger partial charge in [-0.05, 0) is 42.3 Å². The van der Waals surface area contributed by atoms with Crippen molar-refractivity contribution >= 4 is 32.7 Å². The molecule has 0 bridgehead atoms. The minimum atomic E-state index is -3.74. The molecule has 0 radical (unpaired) electrons. The van der Waals surface area contributed by atoms with Gasteiger partial charge in [0.05, 0.1) is 5.39 Å². The first-order chi connectivity index (χ1) is 16.4. The number of H-pyrrole nitrogens is 1. The lowest BCUT2D eigenvalue weighted by Gasteiger charge is -2.26. The highest BCUT2D eigenvalue weighted by atomic mass is 32.2. The number of fused-ring (bicyclic) bond motifs is 1. The summed E-state index contributed by atoms with van der Waals surface area (Å²) in [5, 5.41) is 0.992. The fraction of sp³-hybridized carbons (Fsp3) is 0.261. The van der Waals surface area contributed by atoms with E-state index in [9.17, 15) is 12.8 Å². The van der Waals surface area contributed by atoms with Gasteiger partial charge < -0.3 is 14.8 Å². The summed E-state index contributed by atoms with van der Waals surface area (Å²) in [5.41, 5.74) is 1.48. The maximum atomic E-state index is 13.0. The molecular weight excluding hydrogens is 457 g/mol. The Hall–Kier alpha value is -3.57. The molecule has 1 aliphatic heterocycles. The molecule has 4 aromatic rings. The zero-order valence-electron chi connectivity index (χ0n) is 18.5. The molecule has 176 valence electrons. The second-order valence-electron chi connectivity index (χ2n) is 8.24. The third-order valence-electron chi connectivity index (χ3n) is 6.12. The third-order valence-corrected chi connectivity index (χ3v) is 7.50. The van der Waals surface area contributed by atoms with E-state index in [-0.39, 0.29) is 23.3 Å².